The number of methoxy groups -OCH3 is 1. The number of carbonyl (C=O) groups is 1. The predicted octanol–water partition coefficient (Wildman–Crippen LogP) is 4.23. The fraction of sp³-hybridized carbons (Fsp3) is 0.227. The number of benzene rings is 2. The van der Waals surface area contributed by atoms with Crippen molar-refractivity contribution in [3.8, 4) is 16.9 Å². The molecule has 0 radical (unpaired) electrons. The first kappa shape index (κ1) is 17.8. The average molecular weight is 372 g/mol. The molecule has 2 aromatic carbocycles. The van der Waals surface area contributed by atoms with Gasteiger partial charge in [-0.3, -0.25) is 9.89 Å². The van der Waals surface area contributed by atoms with Crippen molar-refractivity contribution in [1.29, 1.82) is 0 Å². The number of rotatable bonds is 5. The van der Waals surface area contributed by atoms with Crippen LogP contribution in [0.3, 0.4) is 0 Å². The molecular formula is C22H20N4O2. The minimum absolute atomic E-state index is 0.0583. The molecule has 6 heteroatoms. The van der Waals surface area contributed by atoms with E-state index in [4.69, 9.17) is 11.3 Å². The number of aromatic amines is 1. The lowest BCUT2D eigenvalue weighted by Gasteiger charge is -2.18. The summed E-state index contributed by atoms with van der Waals surface area (Å²) in [6, 6.07) is 13.4. The molecule has 4 rings (SSSR count). The molecule has 0 spiro atoms. The quantitative estimate of drug-likeness (QED) is 0.682. The summed E-state index contributed by atoms with van der Waals surface area (Å²) in [4.78, 5) is 18.4. The number of H-pyrrole nitrogens is 1. The Morgan fingerprint density at radius 1 is 1.32 bits per heavy atom. The predicted molar refractivity (Wildman–Crippen MR) is 107 cm³/mol. The van der Waals surface area contributed by atoms with Gasteiger partial charge in [-0.15, -0.1) is 0 Å². The number of aromatic nitrogens is 2. The Morgan fingerprint density at radius 3 is 2.96 bits per heavy atom. The van der Waals surface area contributed by atoms with Gasteiger partial charge in [-0.2, -0.15) is 5.10 Å². The van der Waals surface area contributed by atoms with Crippen molar-refractivity contribution in [2.24, 2.45) is 5.92 Å². The summed E-state index contributed by atoms with van der Waals surface area (Å²) in [6.07, 6.45) is 4.94. The number of ether oxygens (including phenoxy) is 1. The Bertz CT molecular complexity index is 1040. The topological polar surface area (TPSA) is 62.6 Å². The van der Waals surface area contributed by atoms with Gasteiger partial charge in [0.05, 0.1) is 19.9 Å². The summed E-state index contributed by atoms with van der Waals surface area (Å²) in [5.41, 5.74) is 4.06. The van der Waals surface area contributed by atoms with Crippen LogP contribution in [0.5, 0.6) is 5.75 Å². The second-order valence-electron chi connectivity index (χ2n) is 6.83. The Hall–Kier alpha value is -3.59. The molecule has 1 unspecified atom stereocenters. The molecule has 1 amide bonds. The zero-order chi connectivity index (χ0) is 19.5. The monoisotopic (exact) mass is 372 g/mol. The second kappa shape index (κ2) is 7.57. The van der Waals surface area contributed by atoms with E-state index in [9.17, 15) is 4.79 Å². The van der Waals surface area contributed by atoms with Crippen LogP contribution in [-0.4, -0.2) is 29.8 Å². The summed E-state index contributed by atoms with van der Waals surface area (Å²) in [7, 11) is 1.64. The van der Waals surface area contributed by atoms with E-state index < -0.39 is 0 Å². The first-order valence-electron chi connectivity index (χ1n) is 9.14. The normalized spacial score (nSPS) is 16.2. The van der Waals surface area contributed by atoms with Crippen molar-refractivity contribution in [3.63, 3.8) is 0 Å². The Labute approximate surface area is 163 Å². The van der Waals surface area contributed by atoms with Crippen molar-refractivity contribution >= 4 is 17.3 Å². The zero-order valence-electron chi connectivity index (χ0n) is 15.6. The maximum atomic E-state index is 13.0. The van der Waals surface area contributed by atoms with E-state index in [0.717, 1.165) is 34.5 Å². The minimum Gasteiger partial charge on any atom is -0.497 e. The van der Waals surface area contributed by atoms with Gasteiger partial charge < -0.3 is 9.64 Å². The molecule has 1 saturated heterocycles. The van der Waals surface area contributed by atoms with Crippen LogP contribution in [-0.2, 0) is 11.2 Å². The number of hydrogen-bond acceptors (Lipinski definition) is 3. The van der Waals surface area contributed by atoms with Gasteiger partial charge in [0, 0.05) is 29.9 Å². The molecule has 3 aromatic rings. The van der Waals surface area contributed by atoms with Crippen LogP contribution < -0.4 is 9.64 Å². The molecule has 2 heterocycles. The molecule has 0 saturated carbocycles. The van der Waals surface area contributed by atoms with E-state index in [1.54, 1.807) is 30.5 Å². The molecule has 140 valence electrons. The molecule has 0 aliphatic carbocycles. The standard InChI is InChI=1S/C22H20N4O2/c1-23-21-12-18(6-7-20(21)17-13-24-25-14-17)26-9-8-16(22(26)27)10-15-4-3-5-19(11-15)28-2/h3-7,11-14,16H,8-10H2,2H3,(H,24,25). The van der Waals surface area contributed by atoms with Crippen LogP contribution in [0.4, 0.5) is 11.4 Å². The van der Waals surface area contributed by atoms with Crippen molar-refractivity contribution < 1.29 is 9.53 Å². The number of nitrogens with one attached hydrogen (secondary N) is 1. The van der Waals surface area contributed by atoms with Gasteiger partial charge in [-0.1, -0.05) is 18.2 Å². The third-order valence-corrected chi connectivity index (χ3v) is 5.16. The molecule has 6 nitrogen and oxygen atoms in total. The lowest BCUT2D eigenvalue weighted by molar-refractivity contribution is -0.120. The molecule has 0 bridgehead atoms. The molecule has 28 heavy (non-hydrogen) atoms. The lowest BCUT2D eigenvalue weighted by Crippen LogP contribution is -2.27. The second-order valence-corrected chi connectivity index (χ2v) is 6.83. The van der Waals surface area contributed by atoms with E-state index in [-0.39, 0.29) is 11.8 Å². The fourth-order valence-corrected chi connectivity index (χ4v) is 3.69. The summed E-state index contributed by atoms with van der Waals surface area (Å²) in [5, 5.41) is 6.71. The first-order chi connectivity index (χ1) is 13.7. The van der Waals surface area contributed by atoms with Gasteiger partial charge in [0.15, 0.2) is 5.69 Å². The largest absolute Gasteiger partial charge is 0.497 e. The van der Waals surface area contributed by atoms with E-state index in [2.05, 4.69) is 15.0 Å². The van der Waals surface area contributed by atoms with Crippen molar-refractivity contribution in [2.45, 2.75) is 12.8 Å². The van der Waals surface area contributed by atoms with Crippen LogP contribution in [0.25, 0.3) is 16.0 Å². The molecule has 1 fully saturated rings. The van der Waals surface area contributed by atoms with Crippen LogP contribution in [0, 0.1) is 12.5 Å². The van der Waals surface area contributed by atoms with Gasteiger partial charge in [-0.05, 0) is 48.2 Å². The van der Waals surface area contributed by atoms with E-state index in [0.29, 0.717) is 18.7 Å². The molecule has 1 aliphatic heterocycles. The molecule has 1 N–H and O–H groups in total. The van der Waals surface area contributed by atoms with Gasteiger partial charge in [0.2, 0.25) is 5.91 Å². The van der Waals surface area contributed by atoms with Gasteiger partial charge >= 0.3 is 0 Å². The average Bonchev–Trinajstić information content (AvgIpc) is 3.38. The molecule has 1 aromatic heterocycles. The maximum Gasteiger partial charge on any atom is 0.230 e. The number of amides is 1. The van der Waals surface area contributed by atoms with E-state index >= 15 is 0 Å². The highest BCUT2D eigenvalue weighted by molar-refractivity contribution is 5.98. The summed E-state index contributed by atoms with van der Waals surface area (Å²) in [5.74, 6) is 0.850. The van der Waals surface area contributed by atoms with Crippen LogP contribution >= 0.6 is 0 Å². The highest BCUT2D eigenvalue weighted by atomic mass is 16.5. The lowest BCUT2D eigenvalue weighted by atomic mass is 9.98. The van der Waals surface area contributed by atoms with Crippen molar-refractivity contribution in [2.75, 3.05) is 18.6 Å². The third-order valence-electron chi connectivity index (χ3n) is 5.16. The summed E-state index contributed by atoms with van der Waals surface area (Å²) < 4.78 is 5.27. The van der Waals surface area contributed by atoms with Gasteiger partial charge in [0.1, 0.15) is 5.75 Å². The van der Waals surface area contributed by atoms with Crippen LogP contribution in [0.1, 0.15) is 12.0 Å². The number of hydrogen-bond donors (Lipinski definition) is 1. The SMILES string of the molecule is [C-]#[N+]c1cc(N2CCC(Cc3cccc(OC)c3)C2=O)ccc1-c1cn[nH]c1. The smallest absolute Gasteiger partial charge is 0.230 e. The Morgan fingerprint density at radius 2 is 2.21 bits per heavy atom. The Balaban J connectivity index is 1.54. The third kappa shape index (κ3) is 3.35. The van der Waals surface area contributed by atoms with Crippen molar-refractivity contribution in [3.05, 3.63) is 71.8 Å². The fourth-order valence-electron chi connectivity index (χ4n) is 3.69. The van der Waals surface area contributed by atoms with Crippen molar-refractivity contribution in [1.82, 2.24) is 10.2 Å². The van der Waals surface area contributed by atoms with Gasteiger partial charge in [-0.25, -0.2) is 4.85 Å². The zero-order valence-corrected chi connectivity index (χ0v) is 15.6. The minimum atomic E-state index is -0.0583. The van der Waals surface area contributed by atoms with Crippen LogP contribution in [0.15, 0.2) is 54.9 Å². The number of anilines is 1. The highest BCUT2D eigenvalue weighted by Gasteiger charge is 2.32. The maximum absolute atomic E-state index is 13.0. The van der Waals surface area contributed by atoms with E-state index in [1.165, 1.54) is 0 Å². The highest BCUT2D eigenvalue weighted by Crippen LogP contribution is 2.36. The molecule has 1 atom stereocenters. The molecular weight excluding hydrogens is 352 g/mol. The van der Waals surface area contributed by atoms with E-state index in [1.807, 2.05) is 36.4 Å². The van der Waals surface area contributed by atoms with Gasteiger partial charge in [0.25, 0.3) is 0 Å². The van der Waals surface area contributed by atoms with Crippen LogP contribution in [0.2, 0.25) is 0 Å². The summed E-state index contributed by atoms with van der Waals surface area (Å²) in [6.45, 7) is 8.17. The molecule has 1 aliphatic rings. The number of carbonyl (C=O) groups excluding carboxylic acids is 1. The first-order valence-corrected chi connectivity index (χ1v) is 9.14. The Kier molecular flexibility index (Phi) is 4.81. The number of nitrogens with zero attached hydrogens (tertiary/aromatic N) is 3. The summed E-state index contributed by atoms with van der Waals surface area (Å²) >= 11 is 0.